The average Bonchev–Trinajstić information content (AvgIpc) is 2.64. The molecule has 0 radical (unpaired) electrons. The van der Waals surface area contributed by atoms with Gasteiger partial charge < -0.3 is 5.32 Å². The van der Waals surface area contributed by atoms with Crippen molar-refractivity contribution in [2.24, 2.45) is 22.4 Å². The highest BCUT2D eigenvalue weighted by atomic mass is 32.2. The molecule has 4 bridgehead atoms. The second-order valence-electron chi connectivity index (χ2n) is 8.39. The first-order valence-corrected chi connectivity index (χ1v) is 10.6. The van der Waals surface area contributed by atoms with Crippen molar-refractivity contribution < 1.29 is 4.79 Å². The van der Waals surface area contributed by atoms with Crippen LogP contribution in [0.5, 0.6) is 0 Å². The molecule has 4 aliphatic rings. The van der Waals surface area contributed by atoms with Gasteiger partial charge >= 0.3 is 0 Å². The molecule has 0 aliphatic heterocycles. The third kappa shape index (κ3) is 3.81. The van der Waals surface area contributed by atoms with Crippen LogP contribution in [0, 0.1) is 28.4 Å². The monoisotopic (exact) mass is 380 g/mol. The van der Waals surface area contributed by atoms with Crippen molar-refractivity contribution in [3.63, 3.8) is 0 Å². The molecule has 4 fully saturated rings. The zero-order valence-corrected chi connectivity index (χ0v) is 16.2. The maximum Gasteiger partial charge on any atom is 0.227 e. The van der Waals surface area contributed by atoms with Crippen molar-refractivity contribution in [2.45, 2.75) is 49.8 Å². The zero-order valence-electron chi connectivity index (χ0n) is 15.4. The van der Waals surface area contributed by atoms with Gasteiger partial charge in [0.1, 0.15) is 0 Å². The minimum atomic E-state index is -0.350. The molecule has 1 N–H and O–H groups in total. The van der Waals surface area contributed by atoms with Crippen molar-refractivity contribution in [1.82, 2.24) is 5.32 Å². The van der Waals surface area contributed by atoms with Gasteiger partial charge in [0.25, 0.3) is 0 Å². The molecule has 6 heteroatoms. The Kier molecular flexibility index (Phi) is 5.08. The average molecular weight is 381 g/mol. The molecule has 27 heavy (non-hydrogen) atoms. The summed E-state index contributed by atoms with van der Waals surface area (Å²) in [4.78, 5) is 16.1. The molecule has 140 valence electrons. The van der Waals surface area contributed by atoms with Gasteiger partial charge in [-0.15, -0.1) is 0 Å². The number of benzene rings is 1. The molecule has 2 unspecified atom stereocenters. The summed E-state index contributed by atoms with van der Waals surface area (Å²) in [6.07, 6.45) is 5.69. The second-order valence-corrected chi connectivity index (χ2v) is 9.17. The standard InChI is InChI=1S/C21H24N4OS/c22-25-24-21-12-17-9-18(13-21)11-20(10-17,15-21)19(26)23-7-4-8-27-14-16-5-2-1-3-6-16/h1-3,5-6,17-18H,7,9-15H2,(H,23,26). The Morgan fingerprint density at radius 3 is 2.70 bits per heavy atom. The highest BCUT2D eigenvalue weighted by Crippen LogP contribution is 2.63. The van der Waals surface area contributed by atoms with Crippen molar-refractivity contribution >= 4 is 17.7 Å². The lowest BCUT2D eigenvalue weighted by atomic mass is 9.47. The van der Waals surface area contributed by atoms with E-state index in [1.165, 1.54) is 12.0 Å². The predicted molar refractivity (Wildman–Crippen MR) is 108 cm³/mol. The molecule has 0 saturated heterocycles. The van der Waals surface area contributed by atoms with E-state index in [-0.39, 0.29) is 16.9 Å². The van der Waals surface area contributed by atoms with Gasteiger partial charge in [0.15, 0.2) is 0 Å². The Hall–Kier alpha value is -2.09. The molecule has 1 amide bonds. The summed E-state index contributed by atoms with van der Waals surface area (Å²) >= 11 is 1.56. The van der Waals surface area contributed by atoms with E-state index >= 15 is 0 Å². The van der Waals surface area contributed by atoms with Crippen LogP contribution >= 0.6 is 11.8 Å². The summed E-state index contributed by atoms with van der Waals surface area (Å²) in [5, 5.41) is 10.3. The molecule has 0 heterocycles. The molecule has 0 spiro atoms. The Balaban J connectivity index is 1.32. The number of carbonyl (C=O) groups is 1. The summed E-state index contributed by atoms with van der Waals surface area (Å²) in [5.74, 6) is 5.06. The van der Waals surface area contributed by atoms with E-state index < -0.39 is 0 Å². The number of nitrogens with zero attached hydrogens (tertiary/aromatic N) is 3. The van der Waals surface area contributed by atoms with Gasteiger partial charge in [-0.1, -0.05) is 53.1 Å². The topological polar surface area (TPSA) is 77.9 Å². The van der Waals surface area contributed by atoms with E-state index in [2.05, 4.69) is 38.6 Å². The fourth-order valence-corrected chi connectivity index (χ4v) is 6.39. The first kappa shape index (κ1) is 18.3. The van der Waals surface area contributed by atoms with Gasteiger partial charge in [-0.05, 0) is 66.7 Å². The lowest BCUT2D eigenvalue weighted by molar-refractivity contribution is -0.147. The van der Waals surface area contributed by atoms with Crippen LogP contribution < -0.4 is 5.32 Å². The van der Waals surface area contributed by atoms with E-state index in [0.29, 0.717) is 24.8 Å². The number of rotatable bonds is 5. The number of amides is 1. The fraction of sp³-hybridized carbons (Fsp3) is 0.571. The molecule has 1 aromatic rings. The summed E-state index contributed by atoms with van der Waals surface area (Å²) < 4.78 is 0. The first-order valence-electron chi connectivity index (χ1n) is 9.61. The van der Waals surface area contributed by atoms with Gasteiger partial charge in [0, 0.05) is 10.7 Å². The summed E-state index contributed by atoms with van der Waals surface area (Å²) in [6, 6.07) is 10.2. The van der Waals surface area contributed by atoms with Crippen molar-refractivity contribution in [3.8, 4) is 11.2 Å². The van der Waals surface area contributed by atoms with Gasteiger partial charge in [0.2, 0.25) is 5.91 Å². The minimum Gasteiger partial charge on any atom is -0.345 e. The van der Waals surface area contributed by atoms with Gasteiger partial charge in [-0.3, -0.25) is 4.79 Å². The highest BCUT2D eigenvalue weighted by molar-refractivity contribution is 8.03. The molecule has 4 saturated carbocycles. The van der Waals surface area contributed by atoms with E-state index in [0.717, 1.165) is 31.4 Å². The van der Waals surface area contributed by atoms with Gasteiger partial charge in [-0.25, -0.2) is 0 Å². The molecular weight excluding hydrogens is 356 g/mol. The number of carbonyl (C=O) groups excluding carboxylic acids is 1. The quantitative estimate of drug-likeness (QED) is 0.349. The van der Waals surface area contributed by atoms with Crippen LogP contribution in [0.25, 0.3) is 10.4 Å². The third-order valence-corrected chi connectivity index (χ3v) is 7.10. The van der Waals surface area contributed by atoms with Gasteiger partial charge in [-0.2, -0.15) is 0 Å². The summed E-state index contributed by atoms with van der Waals surface area (Å²) in [5.41, 5.74) is 9.56. The molecule has 1 aromatic carbocycles. The Bertz CT molecular complexity index is 808. The van der Waals surface area contributed by atoms with E-state index in [9.17, 15) is 4.79 Å². The minimum absolute atomic E-state index is 0.108. The molecule has 2 atom stereocenters. The van der Waals surface area contributed by atoms with E-state index in [1.54, 1.807) is 11.8 Å². The Morgan fingerprint density at radius 1 is 1.26 bits per heavy atom. The lowest BCUT2D eigenvalue weighted by Gasteiger charge is -2.59. The zero-order chi connectivity index (χ0) is 18.7. The van der Waals surface area contributed by atoms with Crippen LogP contribution in [0.2, 0.25) is 0 Å². The Morgan fingerprint density at radius 2 is 2.00 bits per heavy atom. The second kappa shape index (κ2) is 7.50. The molecule has 0 aromatic heterocycles. The van der Waals surface area contributed by atoms with E-state index in [1.807, 2.05) is 18.2 Å². The van der Waals surface area contributed by atoms with Crippen LogP contribution in [0.3, 0.4) is 0 Å². The number of azide groups is 1. The lowest BCUT2D eigenvalue weighted by Crippen LogP contribution is -2.59. The maximum atomic E-state index is 13.0. The molecule has 4 aliphatic carbocycles. The number of hydrogen-bond donors (Lipinski definition) is 1. The summed E-state index contributed by atoms with van der Waals surface area (Å²) in [7, 11) is 0. The largest absolute Gasteiger partial charge is 0.345 e. The predicted octanol–water partition coefficient (Wildman–Crippen LogP) is 4.65. The van der Waals surface area contributed by atoms with Crippen LogP contribution in [0.4, 0.5) is 0 Å². The third-order valence-electron chi connectivity index (χ3n) is 6.33. The molecule has 5 rings (SSSR count). The maximum absolute atomic E-state index is 13.0. The van der Waals surface area contributed by atoms with E-state index in [4.69, 9.17) is 5.53 Å². The Labute approximate surface area is 164 Å². The fourth-order valence-electron chi connectivity index (χ4n) is 5.78. The first-order chi connectivity index (χ1) is 13.1. The summed E-state index contributed by atoms with van der Waals surface area (Å²) in [6.45, 7) is 0.381. The molecule has 5 nitrogen and oxygen atoms in total. The normalized spacial score (nSPS) is 32.9. The van der Waals surface area contributed by atoms with Crippen LogP contribution in [-0.4, -0.2) is 18.0 Å². The SMILES string of the molecule is [N-]=[N+]=NC12CC3CC(C1)CC(C(=O)NCC#CSCc1ccccc1)(C3)C2. The van der Waals surface area contributed by atoms with Crippen molar-refractivity contribution in [1.29, 1.82) is 0 Å². The van der Waals surface area contributed by atoms with Crippen molar-refractivity contribution in [3.05, 3.63) is 46.3 Å². The van der Waals surface area contributed by atoms with Crippen LogP contribution in [0.1, 0.15) is 44.1 Å². The van der Waals surface area contributed by atoms with Crippen molar-refractivity contribution in [2.75, 3.05) is 6.54 Å². The van der Waals surface area contributed by atoms with Gasteiger partial charge in [0.05, 0.1) is 17.5 Å². The van der Waals surface area contributed by atoms with Crippen LogP contribution in [-0.2, 0) is 10.5 Å². The number of nitrogens with one attached hydrogen (secondary N) is 1. The number of hydrogen-bond acceptors (Lipinski definition) is 3. The van der Waals surface area contributed by atoms with Crippen LogP contribution in [0.15, 0.2) is 35.4 Å². The smallest absolute Gasteiger partial charge is 0.227 e. The number of thioether (sulfide) groups is 1. The molecular formula is C21H24N4OS. The highest BCUT2D eigenvalue weighted by Gasteiger charge is 2.60.